The van der Waals surface area contributed by atoms with Crippen molar-refractivity contribution < 1.29 is 14.1 Å². The zero-order valence-electron chi connectivity index (χ0n) is 16.1. The van der Waals surface area contributed by atoms with Gasteiger partial charge in [0.05, 0.1) is 18.8 Å². The maximum absolute atomic E-state index is 14.4. The summed E-state index contributed by atoms with van der Waals surface area (Å²) in [5.41, 5.74) is -1.06. The lowest BCUT2D eigenvalue weighted by Crippen LogP contribution is -2.55. The summed E-state index contributed by atoms with van der Waals surface area (Å²) >= 11 is 1.62. The molecule has 1 saturated heterocycles. The van der Waals surface area contributed by atoms with E-state index < -0.39 is 12.7 Å². The Balaban J connectivity index is 2.09. The van der Waals surface area contributed by atoms with Gasteiger partial charge in [-0.15, -0.1) is 11.8 Å². The zero-order chi connectivity index (χ0) is 19.5. The van der Waals surface area contributed by atoms with Crippen LogP contribution in [-0.2, 0) is 14.1 Å². The maximum atomic E-state index is 14.4. The highest BCUT2D eigenvalue weighted by Crippen LogP contribution is 2.49. The molecule has 1 aliphatic rings. The van der Waals surface area contributed by atoms with Crippen molar-refractivity contribution in [3.8, 4) is 0 Å². The molecular weight excluding hydrogens is 377 g/mol. The van der Waals surface area contributed by atoms with Crippen molar-refractivity contribution in [2.45, 2.75) is 24.3 Å². The van der Waals surface area contributed by atoms with Crippen LogP contribution >= 0.6 is 18.9 Å². The molecule has 0 amide bonds. The Morgan fingerprint density at radius 2 is 1.56 bits per heavy atom. The third kappa shape index (κ3) is 3.93. The lowest BCUT2D eigenvalue weighted by Gasteiger charge is -2.41. The van der Waals surface area contributed by atoms with Crippen LogP contribution in [0.3, 0.4) is 0 Å². The maximum Gasteiger partial charge on any atom is 0.219 e. The smallest absolute Gasteiger partial charge is 0.219 e. The first kappa shape index (κ1) is 20.3. The van der Waals surface area contributed by atoms with Gasteiger partial charge in [0.25, 0.3) is 0 Å². The Bertz CT molecular complexity index is 830. The van der Waals surface area contributed by atoms with Crippen molar-refractivity contribution in [2.24, 2.45) is 0 Å². The Morgan fingerprint density at radius 1 is 1.00 bits per heavy atom. The number of rotatable bonds is 6. The summed E-state index contributed by atoms with van der Waals surface area (Å²) in [5, 5.41) is 1.19. The van der Waals surface area contributed by atoms with Crippen molar-refractivity contribution in [3.63, 3.8) is 0 Å². The molecule has 0 aromatic heterocycles. The molecule has 0 bridgehead atoms. The van der Waals surface area contributed by atoms with Gasteiger partial charge >= 0.3 is 0 Å². The molecule has 1 fully saturated rings. The molecule has 4 nitrogen and oxygen atoms in total. The van der Waals surface area contributed by atoms with Crippen LogP contribution < -0.4 is 10.6 Å². The monoisotopic (exact) mass is 403 g/mol. The quantitative estimate of drug-likeness (QED) is 0.547. The van der Waals surface area contributed by atoms with Crippen molar-refractivity contribution in [3.05, 3.63) is 54.6 Å². The summed E-state index contributed by atoms with van der Waals surface area (Å²) in [6.45, 7) is 6.28. The van der Waals surface area contributed by atoms with Crippen molar-refractivity contribution in [2.75, 3.05) is 32.6 Å². The zero-order valence-corrected chi connectivity index (χ0v) is 17.8. The number of hydrogen-bond acceptors (Lipinski definition) is 5. The van der Waals surface area contributed by atoms with Crippen LogP contribution in [-0.4, -0.2) is 48.5 Å². The van der Waals surface area contributed by atoms with Crippen molar-refractivity contribution in [1.82, 2.24) is 4.90 Å². The minimum atomic E-state index is -3.46. The van der Waals surface area contributed by atoms with E-state index in [2.05, 4.69) is 4.90 Å². The van der Waals surface area contributed by atoms with E-state index in [0.29, 0.717) is 36.9 Å². The molecular formula is C21H26NO3PS. The van der Waals surface area contributed by atoms with Crippen LogP contribution in [0.15, 0.2) is 59.5 Å². The van der Waals surface area contributed by atoms with Gasteiger partial charge in [-0.1, -0.05) is 30.3 Å². The van der Waals surface area contributed by atoms with Crippen molar-refractivity contribution >= 4 is 35.0 Å². The standard InChI is InChI=1S/C21H26NO3PS/c1-21(2,22-13-15-25-16-14-22)20(23)26(24,17-7-5-4-6-8-17)18-9-11-19(27-3)12-10-18/h4-12H,13-16H2,1-3H3. The van der Waals surface area contributed by atoms with Crippen LogP contribution in [0.5, 0.6) is 0 Å². The normalized spacial score (nSPS) is 18.0. The largest absolute Gasteiger partial charge is 0.379 e. The first-order valence-electron chi connectivity index (χ1n) is 9.09. The number of nitrogens with zero attached hydrogens (tertiary/aromatic N) is 1. The second-order valence-corrected chi connectivity index (χ2v) is 10.6. The molecule has 1 atom stereocenters. The molecule has 144 valence electrons. The number of morpholine rings is 1. The molecule has 2 aromatic carbocycles. The fraction of sp³-hybridized carbons (Fsp3) is 0.381. The van der Waals surface area contributed by atoms with Crippen LogP contribution in [0.4, 0.5) is 0 Å². The Labute approximate surface area is 165 Å². The Hall–Kier alpha value is -1.39. The number of hydrogen-bond donors (Lipinski definition) is 0. The van der Waals surface area contributed by atoms with Crippen molar-refractivity contribution in [1.29, 1.82) is 0 Å². The summed E-state index contributed by atoms with van der Waals surface area (Å²) in [5.74, 6) is 0. The average molecular weight is 403 g/mol. The Kier molecular flexibility index (Phi) is 6.27. The molecule has 0 spiro atoms. The van der Waals surface area contributed by atoms with Crippen LogP contribution in [0, 0.1) is 0 Å². The number of ether oxygens (including phenoxy) is 1. The van der Waals surface area contributed by atoms with E-state index in [9.17, 15) is 9.36 Å². The first-order chi connectivity index (χ1) is 12.9. The second kappa shape index (κ2) is 8.32. The van der Waals surface area contributed by atoms with Gasteiger partial charge in [-0.05, 0) is 44.4 Å². The fourth-order valence-electron chi connectivity index (χ4n) is 3.46. The molecule has 1 heterocycles. The lowest BCUT2D eigenvalue weighted by atomic mass is 10.0. The number of thioether (sulfide) groups is 1. The topological polar surface area (TPSA) is 46.6 Å². The van der Waals surface area contributed by atoms with E-state index in [1.54, 1.807) is 23.9 Å². The van der Waals surface area contributed by atoms with E-state index in [1.807, 2.05) is 62.6 Å². The summed E-state index contributed by atoms with van der Waals surface area (Å²) in [6.07, 6.45) is 2.00. The third-order valence-corrected chi connectivity index (χ3v) is 9.08. The predicted octanol–water partition coefficient (Wildman–Crippen LogP) is 3.36. The van der Waals surface area contributed by atoms with Gasteiger partial charge in [0, 0.05) is 28.6 Å². The molecule has 0 N–H and O–H groups in total. The van der Waals surface area contributed by atoms with E-state index in [1.165, 1.54) is 0 Å². The number of carbonyl (C=O) groups excluding carboxylic acids is 1. The molecule has 0 aliphatic carbocycles. The highest BCUT2D eigenvalue weighted by Gasteiger charge is 2.47. The highest BCUT2D eigenvalue weighted by molar-refractivity contribution is 7.98. The summed E-state index contributed by atoms with van der Waals surface area (Å²) in [6, 6.07) is 16.7. The molecule has 6 heteroatoms. The van der Waals surface area contributed by atoms with Gasteiger partial charge in [0.15, 0.2) is 0 Å². The molecule has 0 saturated carbocycles. The summed E-state index contributed by atoms with van der Waals surface area (Å²) < 4.78 is 19.8. The molecule has 27 heavy (non-hydrogen) atoms. The molecule has 1 unspecified atom stereocenters. The minimum Gasteiger partial charge on any atom is -0.379 e. The van der Waals surface area contributed by atoms with Gasteiger partial charge in [0.2, 0.25) is 12.7 Å². The predicted molar refractivity (Wildman–Crippen MR) is 113 cm³/mol. The second-order valence-electron chi connectivity index (χ2n) is 7.11. The molecule has 0 radical (unpaired) electrons. The van der Waals surface area contributed by atoms with Gasteiger partial charge in [-0.2, -0.15) is 0 Å². The number of benzene rings is 2. The van der Waals surface area contributed by atoms with E-state index in [4.69, 9.17) is 4.74 Å². The van der Waals surface area contributed by atoms with E-state index in [0.717, 1.165) is 4.90 Å². The van der Waals surface area contributed by atoms with Gasteiger partial charge in [-0.3, -0.25) is 9.69 Å². The van der Waals surface area contributed by atoms with E-state index in [-0.39, 0.29) is 5.52 Å². The first-order valence-corrected chi connectivity index (χ1v) is 12.0. The van der Waals surface area contributed by atoms with Gasteiger partial charge in [0.1, 0.15) is 0 Å². The van der Waals surface area contributed by atoms with Crippen LogP contribution in [0.25, 0.3) is 0 Å². The average Bonchev–Trinajstić information content (AvgIpc) is 2.74. The fourth-order valence-corrected chi connectivity index (χ4v) is 6.70. The van der Waals surface area contributed by atoms with Crippen LogP contribution in [0.2, 0.25) is 0 Å². The summed E-state index contributed by atoms with van der Waals surface area (Å²) in [7, 11) is -3.46. The summed E-state index contributed by atoms with van der Waals surface area (Å²) in [4.78, 5) is 17.0. The third-order valence-electron chi connectivity index (χ3n) is 5.17. The van der Waals surface area contributed by atoms with Crippen LogP contribution in [0.1, 0.15) is 13.8 Å². The molecule has 3 rings (SSSR count). The van der Waals surface area contributed by atoms with Gasteiger partial charge < -0.3 is 9.30 Å². The Morgan fingerprint density at radius 3 is 2.11 bits per heavy atom. The van der Waals surface area contributed by atoms with E-state index >= 15 is 0 Å². The molecule has 1 aliphatic heterocycles. The highest BCUT2D eigenvalue weighted by atomic mass is 32.2. The number of carbonyl (C=O) groups is 1. The minimum absolute atomic E-state index is 0.222. The lowest BCUT2D eigenvalue weighted by molar-refractivity contribution is -0.124. The SMILES string of the molecule is CSc1ccc(P(=O)(C(=O)C(C)(C)N2CCOCC2)c2ccccc2)cc1. The van der Waals surface area contributed by atoms with Gasteiger partial charge in [-0.25, -0.2) is 0 Å². The molecule has 2 aromatic rings.